The molecular formula is C22H29N3O. The van der Waals surface area contributed by atoms with Gasteiger partial charge in [-0.25, -0.2) is 0 Å². The average Bonchev–Trinajstić information content (AvgIpc) is 2.63. The van der Waals surface area contributed by atoms with E-state index in [2.05, 4.69) is 60.3 Å². The van der Waals surface area contributed by atoms with Crippen LogP contribution in [0, 0.1) is 0 Å². The summed E-state index contributed by atoms with van der Waals surface area (Å²) in [4.78, 5) is 17.2. The van der Waals surface area contributed by atoms with Gasteiger partial charge in [-0.05, 0) is 42.3 Å². The molecular weight excluding hydrogens is 322 g/mol. The molecule has 4 heteroatoms. The van der Waals surface area contributed by atoms with E-state index in [9.17, 15) is 4.79 Å². The number of hydrogen-bond acceptors (Lipinski definition) is 3. The van der Waals surface area contributed by atoms with Gasteiger partial charge in [0.25, 0.3) is 0 Å². The molecule has 26 heavy (non-hydrogen) atoms. The molecule has 1 heterocycles. The van der Waals surface area contributed by atoms with E-state index in [0.717, 1.165) is 31.9 Å². The van der Waals surface area contributed by atoms with Crippen molar-refractivity contribution in [2.24, 2.45) is 0 Å². The van der Waals surface area contributed by atoms with E-state index in [1.165, 1.54) is 11.3 Å². The molecule has 0 atom stereocenters. The van der Waals surface area contributed by atoms with Gasteiger partial charge in [-0.2, -0.15) is 0 Å². The van der Waals surface area contributed by atoms with Crippen LogP contribution in [0.5, 0.6) is 0 Å². The van der Waals surface area contributed by atoms with Crippen LogP contribution in [-0.2, 0) is 10.2 Å². The van der Waals surface area contributed by atoms with Crippen LogP contribution in [0.15, 0.2) is 54.6 Å². The number of anilines is 2. The molecule has 0 radical (unpaired) electrons. The number of benzene rings is 2. The first-order valence-corrected chi connectivity index (χ1v) is 9.33. The van der Waals surface area contributed by atoms with Crippen molar-refractivity contribution in [1.82, 2.24) is 4.90 Å². The van der Waals surface area contributed by atoms with Crippen molar-refractivity contribution in [3.8, 4) is 0 Å². The molecule has 0 saturated carbocycles. The van der Waals surface area contributed by atoms with Crippen molar-refractivity contribution in [2.75, 3.05) is 43.4 Å². The largest absolute Gasteiger partial charge is 0.369 e. The van der Waals surface area contributed by atoms with E-state index in [-0.39, 0.29) is 11.3 Å². The SMILES string of the molecule is CN1CCN(c2ccc(NC(=O)CC(C)(C)c3ccccc3)cc2)CC1. The van der Waals surface area contributed by atoms with Gasteiger partial charge < -0.3 is 15.1 Å². The van der Waals surface area contributed by atoms with Crippen LogP contribution in [0.25, 0.3) is 0 Å². The van der Waals surface area contributed by atoms with Crippen molar-refractivity contribution in [1.29, 1.82) is 0 Å². The Morgan fingerprint density at radius 1 is 0.962 bits per heavy atom. The summed E-state index contributed by atoms with van der Waals surface area (Å²) in [7, 11) is 2.16. The molecule has 0 unspecified atom stereocenters. The maximum atomic E-state index is 12.5. The van der Waals surface area contributed by atoms with Crippen LogP contribution >= 0.6 is 0 Å². The second-order valence-corrected chi connectivity index (χ2v) is 7.81. The molecule has 1 aliphatic rings. The lowest BCUT2D eigenvalue weighted by atomic mass is 9.81. The van der Waals surface area contributed by atoms with Crippen LogP contribution in [0.3, 0.4) is 0 Å². The number of carbonyl (C=O) groups excluding carboxylic acids is 1. The number of likely N-dealkylation sites (N-methyl/N-ethyl adjacent to an activating group) is 1. The van der Waals surface area contributed by atoms with Crippen molar-refractivity contribution >= 4 is 17.3 Å². The molecule has 3 rings (SSSR count). The quantitative estimate of drug-likeness (QED) is 0.891. The fraction of sp³-hybridized carbons (Fsp3) is 0.409. The van der Waals surface area contributed by atoms with E-state index in [0.29, 0.717) is 6.42 Å². The predicted octanol–water partition coefficient (Wildman–Crippen LogP) is 3.74. The zero-order valence-corrected chi connectivity index (χ0v) is 16.0. The minimum absolute atomic E-state index is 0.0474. The standard InChI is InChI=1S/C22H29N3O/c1-22(2,18-7-5-4-6-8-18)17-21(26)23-19-9-11-20(12-10-19)25-15-13-24(3)14-16-25/h4-12H,13-17H2,1-3H3,(H,23,26). The maximum absolute atomic E-state index is 12.5. The Kier molecular flexibility index (Phi) is 5.62. The highest BCUT2D eigenvalue weighted by atomic mass is 16.1. The van der Waals surface area contributed by atoms with E-state index in [1.807, 2.05) is 30.3 Å². The maximum Gasteiger partial charge on any atom is 0.225 e. The summed E-state index contributed by atoms with van der Waals surface area (Å²) in [5.41, 5.74) is 3.07. The first-order chi connectivity index (χ1) is 12.4. The second kappa shape index (κ2) is 7.92. The van der Waals surface area contributed by atoms with Crippen molar-refractivity contribution < 1.29 is 4.79 Å². The Morgan fingerprint density at radius 2 is 1.58 bits per heavy atom. The molecule has 138 valence electrons. The fourth-order valence-corrected chi connectivity index (χ4v) is 3.42. The molecule has 4 nitrogen and oxygen atoms in total. The lowest BCUT2D eigenvalue weighted by molar-refractivity contribution is -0.117. The van der Waals surface area contributed by atoms with E-state index < -0.39 is 0 Å². The van der Waals surface area contributed by atoms with Crippen LogP contribution in [0.1, 0.15) is 25.8 Å². The van der Waals surface area contributed by atoms with Gasteiger partial charge in [0.2, 0.25) is 5.91 Å². The van der Waals surface area contributed by atoms with Gasteiger partial charge in [-0.3, -0.25) is 4.79 Å². The number of carbonyl (C=O) groups is 1. The summed E-state index contributed by atoms with van der Waals surface area (Å²) < 4.78 is 0. The summed E-state index contributed by atoms with van der Waals surface area (Å²) >= 11 is 0. The molecule has 0 spiro atoms. The molecule has 2 aromatic carbocycles. The molecule has 0 bridgehead atoms. The summed E-state index contributed by atoms with van der Waals surface area (Å²) in [6.45, 7) is 8.50. The lowest BCUT2D eigenvalue weighted by Gasteiger charge is -2.34. The van der Waals surface area contributed by atoms with Gasteiger partial charge in [0.1, 0.15) is 0 Å². The van der Waals surface area contributed by atoms with Crippen molar-refractivity contribution in [2.45, 2.75) is 25.7 Å². The van der Waals surface area contributed by atoms with Crippen LogP contribution < -0.4 is 10.2 Å². The summed E-state index contributed by atoms with van der Waals surface area (Å²) in [5, 5.41) is 3.04. The molecule has 1 saturated heterocycles. The Bertz CT molecular complexity index is 717. The highest BCUT2D eigenvalue weighted by molar-refractivity contribution is 5.91. The van der Waals surface area contributed by atoms with Gasteiger partial charge in [-0.15, -0.1) is 0 Å². The minimum atomic E-state index is -0.189. The monoisotopic (exact) mass is 351 g/mol. The van der Waals surface area contributed by atoms with Crippen LogP contribution in [0.2, 0.25) is 0 Å². The van der Waals surface area contributed by atoms with Gasteiger partial charge in [-0.1, -0.05) is 44.2 Å². The third-order valence-corrected chi connectivity index (χ3v) is 5.18. The van der Waals surface area contributed by atoms with Crippen LogP contribution in [-0.4, -0.2) is 44.0 Å². The van der Waals surface area contributed by atoms with Crippen molar-refractivity contribution in [3.05, 3.63) is 60.2 Å². The normalized spacial score (nSPS) is 15.7. The Labute approximate surface area is 156 Å². The first kappa shape index (κ1) is 18.5. The number of nitrogens with zero attached hydrogens (tertiary/aromatic N) is 2. The molecule has 2 aromatic rings. The second-order valence-electron chi connectivity index (χ2n) is 7.81. The van der Waals surface area contributed by atoms with Gasteiger partial charge >= 0.3 is 0 Å². The Hall–Kier alpha value is -2.33. The average molecular weight is 351 g/mol. The third-order valence-electron chi connectivity index (χ3n) is 5.18. The zero-order valence-electron chi connectivity index (χ0n) is 16.0. The van der Waals surface area contributed by atoms with E-state index in [4.69, 9.17) is 0 Å². The molecule has 1 N–H and O–H groups in total. The molecule has 1 aliphatic heterocycles. The lowest BCUT2D eigenvalue weighted by Crippen LogP contribution is -2.44. The molecule has 0 aromatic heterocycles. The van der Waals surface area contributed by atoms with Crippen LogP contribution in [0.4, 0.5) is 11.4 Å². The summed E-state index contributed by atoms with van der Waals surface area (Å²) in [6, 6.07) is 18.4. The fourth-order valence-electron chi connectivity index (χ4n) is 3.42. The van der Waals surface area contributed by atoms with E-state index >= 15 is 0 Å². The number of amides is 1. The highest BCUT2D eigenvalue weighted by Crippen LogP contribution is 2.27. The highest BCUT2D eigenvalue weighted by Gasteiger charge is 2.24. The Balaban J connectivity index is 1.58. The van der Waals surface area contributed by atoms with Gasteiger partial charge in [0.05, 0.1) is 0 Å². The first-order valence-electron chi connectivity index (χ1n) is 9.33. The van der Waals surface area contributed by atoms with Crippen molar-refractivity contribution in [3.63, 3.8) is 0 Å². The third kappa shape index (κ3) is 4.64. The minimum Gasteiger partial charge on any atom is -0.369 e. The summed E-state index contributed by atoms with van der Waals surface area (Å²) in [5.74, 6) is 0.0474. The van der Waals surface area contributed by atoms with Gasteiger partial charge in [0, 0.05) is 44.0 Å². The molecule has 1 fully saturated rings. The number of hydrogen-bond donors (Lipinski definition) is 1. The number of nitrogens with one attached hydrogen (secondary N) is 1. The summed E-state index contributed by atoms with van der Waals surface area (Å²) in [6.07, 6.45) is 0.456. The topological polar surface area (TPSA) is 35.6 Å². The van der Waals surface area contributed by atoms with Gasteiger partial charge in [0.15, 0.2) is 0 Å². The smallest absolute Gasteiger partial charge is 0.225 e. The zero-order chi connectivity index (χ0) is 18.6. The number of rotatable bonds is 5. The molecule has 0 aliphatic carbocycles. The predicted molar refractivity (Wildman–Crippen MR) is 109 cm³/mol. The molecule has 1 amide bonds. The Morgan fingerprint density at radius 3 is 2.19 bits per heavy atom. The van der Waals surface area contributed by atoms with E-state index in [1.54, 1.807) is 0 Å². The number of piperazine rings is 1.